The Kier molecular flexibility index (Phi) is 6.39. The minimum absolute atomic E-state index is 0.136. The van der Waals surface area contributed by atoms with Crippen molar-refractivity contribution >= 4 is 17.5 Å². The van der Waals surface area contributed by atoms with Gasteiger partial charge in [0.05, 0.1) is 6.61 Å². The highest BCUT2D eigenvalue weighted by molar-refractivity contribution is 6.39. The fraction of sp³-hybridized carbons (Fsp3) is 0.333. The lowest BCUT2D eigenvalue weighted by Gasteiger charge is -2.22. The predicted molar refractivity (Wildman–Crippen MR) is 103 cm³/mol. The number of ether oxygens (including phenoxy) is 1. The third-order valence-electron chi connectivity index (χ3n) is 3.88. The number of carbonyl (C=O) groups is 2. The summed E-state index contributed by atoms with van der Waals surface area (Å²) in [4.78, 5) is 24.3. The Hall–Kier alpha value is -2.82. The minimum Gasteiger partial charge on any atom is -0.494 e. The molecular formula is C21H26N2O3. The van der Waals surface area contributed by atoms with E-state index in [1.165, 1.54) is 0 Å². The maximum Gasteiger partial charge on any atom is 0.313 e. The first-order valence-electron chi connectivity index (χ1n) is 8.71. The summed E-state index contributed by atoms with van der Waals surface area (Å²) < 4.78 is 5.38. The summed E-state index contributed by atoms with van der Waals surface area (Å²) in [5.41, 5.74) is 2.39. The molecule has 0 aliphatic heterocycles. The second-order valence-corrected chi connectivity index (χ2v) is 7.01. The molecule has 2 N–H and O–H groups in total. The highest BCUT2D eigenvalue weighted by Gasteiger charge is 2.20. The molecule has 5 heteroatoms. The van der Waals surface area contributed by atoms with Crippen molar-refractivity contribution in [3.63, 3.8) is 0 Å². The zero-order chi connectivity index (χ0) is 19.2. The molecule has 2 aromatic carbocycles. The van der Waals surface area contributed by atoms with Gasteiger partial charge in [-0.05, 0) is 41.7 Å². The summed E-state index contributed by atoms with van der Waals surface area (Å²) in [7, 11) is 0. The molecule has 0 aromatic heterocycles. The summed E-state index contributed by atoms with van der Waals surface area (Å²) in [5.74, 6) is -0.561. The van der Waals surface area contributed by atoms with Crippen molar-refractivity contribution in [2.45, 2.75) is 39.7 Å². The fourth-order valence-electron chi connectivity index (χ4n) is 2.56. The van der Waals surface area contributed by atoms with Crippen molar-refractivity contribution in [3.8, 4) is 5.75 Å². The van der Waals surface area contributed by atoms with E-state index < -0.39 is 11.8 Å². The largest absolute Gasteiger partial charge is 0.494 e. The molecule has 0 atom stereocenters. The van der Waals surface area contributed by atoms with Crippen LogP contribution in [-0.4, -0.2) is 18.4 Å². The highest BCUT2D eigenvalue weighted by Crippen LogP contribution is 2.29. The maximum absolute atomic E-state index is 12.2. The Balaban J connectivity index is 1.95. The Morgan fingerprint density at radius 2 is 1.62 bits per heavy atom. The van der Waals surface area contributed by atoms with Crippen LogP contribution in [-0.2, 0) is 21.5 Å². The molecule has 0 saturated carbocycles. The molecule has 0 unspecified atom stereocenters. The number of carbonyl (C=O) groups excluding carboxylic acids is 2. The lowest BCUT2D eigenvalue weighted by atomic mass is 9.86. The van der Waals surface area contributed by atoms with Crippen LogP contribution in [0.1, 0.15) is 38.8 Å². The quantitative estimate of drug-likeness (QED) is 0.806. The van der Waals surface area contributed by atoms with Gasteiger partial charge in [-0.15, -0.1) is 0 Å². The molecule has 2 rings (SSSR count). The van der Waals surface area contributed by atoms with E-state index in [0.29, 0.717) is 12.3 Å². The molecule has 0 fully saturated rings. The zero-order valence-electron chi connectivity index (χ0n) is 15.8. The van der Waals surface area contributed by atoms with E-state index in [-0.39, 0.29) is 12.0 Å². The van der Waals surface area contributed by atoms with Crippen LogP contribution >= 0.6 is 0 Å². The lowest BCUT2D eigenvalue weighted by Crippen LogP contribution is -2.35. The summed E-state index contributed by atoms with van der Waals surface area (Å²) >= 11 is 0. The summed E-state index contributed by atoms with van der Waals surface area (Å²) in [6, 6.07) is 14.9. The van der Waals surface area contributed by atoms with E-state index in [1.807, 2.05) is 49.4 Å². The smallest absolute Gasteiger partial charge is 0.313 e. The van der Waals surface area contributed by atoms with Gasteiger partial charge in [0.1, 0.15) is 5.75 Å². The molecular weight excluding hydrogens is 328 g/mol. The molecule has 2 aromatic rings. The first-order chi connectivity index (χ1) is 12.3. The van der Waals surface area contributed by atoms with Crippen LogP contribution in [0.2, 0.25) is 0 Å². The average Bonchev–Trinajstić information content (AvgIpc) is 2.60. The topological polar surface area (TPSA) is 67.4 Å². The number of anilines is 1. The van der Waals surface area contributed by atoms with Crippen LogP contribution < -0.4 is 15.4 Å². The lowest BCUT2D eigenvalue weighted by molar-refractivity contribution is -0.136. The van der Waals surface area contributed by atoms with Gasteiger partial charge in [0.2, 0.25) is 0 Å². The van der Waals surface area contributed by atoms with Crippen molar-refractivity contribution in [1.82, 2.24) is 5.32 Å². The number of rotatable bonds is 5. The van der Waals surface area contributed by atoms with E-state index in [2.05, 4.69) is 31.4 Å². The molecule has 0 heterocycles. The van der Waals surface area contributed by atoms with Crippen LogP contribution in [0.25, 0.3) is 0 Å². The second-order valence-electron chi connectivity index (χ2n) is 7.01. The maximum atomic E-state index is 12.2. The van der Waals surface area contributed by atoms with E-state index in [1.54, 1.807) is 6.07 Å². The second kappa shape index (κ2) is 8.52. The van der Waals surface area contributed by atoms with Crippen LogP contribution in [0.3, 0.4) is 0 Å². The number of benzene rings is 2. The third-order valence-corrected chi connectivity index (χ3v) is 3.88. The van der Waals surface area contributed by atoms with Crippen molar-refractivity contribution in [2.24, 2.45) is 0 Å². The van der Waals surface area contributed by atoms with Gasteiger partial charge in [-0.1, -0.05) is 51.1 Å². The van der Waals surface area contributed by atoms with Crippen LogP contribution in [0.4, 0.5) is 5.69 Å². The standard InChI is InChI=1S/C21H26N2O3/c1-5-26-16-12-10-15(11-13-16)14-22-19(24)20(25)23-18-9-7-6-8-17(18)21(2,3)4/h6-13H,5,14H2,1-4H3,(H,22,24)(H,23,25). The van der Waals surface area contributed by atoms with Crippen LogP contribution in [0.15, 0.2) is 48.5 Å². The zero-order valence-corrected chi connectivity index (χ0v) is 15.8. The molecule has 26 heavy (non-hydrogen) atoms. The Morgan fingerprint density at radius 3 is 2.23 bits per heavy atom. The number of hydrogen-bond acceptors (Lipinski definition) is 3. The number of nitrogens with one attached hydrogen (secondary N) is 2. The Labute approximate surface area is 154 Å². The van der Waals surface area contributed by atoms with E-state index in [0.717, 1.165) is 16.9 Å². The number of para-hydroxylation sites is 1. The first-order valence-corrected chi connectivity index (χ1v) is 8.71. The van der Waals surface area contributed by atoms with Gasteiger partial charge in [0, 0.05) is 12.2 Å². The SMILES string of the molecule is CCOc1ccc(CNC(=O)C(=O)Nc2ccccc2C(C)(C)C)cc1. The molecule has 0 aliphatic rings. The third kappa shape index (κ3) is 5.34. The molecule has 0 saturated heterocycles. The van der Waals surface area contributed by atoms with Gasteiger partial charge < -0.3 is 15.4 Å². The van der Waals surface area contributed by atoms with Gasteiger partial charge >= 0.3 is 11.8 Å². The van der Waals surface area contributed by atoms with Crippen molar-refractivity contribution < 1.29 is 14.3 Å². The Morgan fingerprint density at radius 1 is 0.962 bits per heavy atom. The van der Waals surface area contributed by atoms with E-state index in [4.69, 9.17) is 4.74 Å². The molecule has 5 nitrogen and oxygen atoms in total. The van der Waals surface area contributed by atoms with Crippen molar-refractivity contribution in [1.29, 1.82) is 0 Å². The molecule has 0 radical (unpaired) electrons. The van der Waals surface area contributed by atoms with Gasteiger partial charge in [-0.25, -0.2) is 0 Å². The molecule has 2 amide bonds. The van der Waals surface area contributed by atoms with Crippen LogP contribution in [0.5, 0.6) is 5.75 Å². The van der Waals surface area contributed by atoms with Gasteiger partial charge in [0.25, 0.3) is 0 Å². The Bertz CT molecular complexity index is 762. The van der Waals surface area contributed by atoms with Crippen molar-refractivity contribution in [3.05, 3.63) is 59.7 Å². The van der Waals surface area contributed by atoms with Gasteiger partial charge in [-0.2, -0.15) is 0 Å². The summed E-state index contributed by atoms with van der Waals surface area (Å²) in [6.07, 6.45) is 0. The van der Waals surface area contributed by atoms with Crippen LogP contribution in [0, 0.1) is 0 Å². The molecule has 138 valence electrons. The highest BCUT2D eigenvalue weighted by atomic mass is 16.5. The number of hydrogen-bond donors (Lipinski definition) is 2. The first kappa shape index (κ1) is 19.5. The fourth-order valence-corrected chi connectivity index (χ4v) is 2.56. The van der Waals surface area contributed by atoms with E-state index in [9.17, 15) is 9.59 Å². The minimum atomic E-state index is -0.673. The summed E-state index contributed by atoms with van der Waals surface area (Å²) in [5, 5.41) is 5.34. The normalized spacial score (nSPS) is 10.9. The monoisotopic (exact) mass is 354 g/mol. The molecule has 0 spiro atoms. The van der Waals surface area contributed by atoms with E-state index >= 15 is 0 Å². The van der Waals surface area contributed by atoms with Crippen molar-refractivity contribution in [2.75, 3.05) is 11.9 Å². The predicted octanol–water partition coefficient (Wildman–Crippen LogP) is 3.64. The molecule has 0 bridgehead atoms. The number of amides is 2. The average molecular weight is 354 g/mol. The summed E-state index contributed by atoms with van der Waals surface area (Å²) in [6.45, 7) is 8.98. The van der Waals surface area contributed by atoms with Gasteiger partial charge in [-0.3, -0.25) is 9.59 Å². The van der Waals surface area contributed by atoms with Gasteiger partial charge in [0.15, 0.2) is 0 Å². The molecule has 0 aliphatic carbocycles.